The Bertz CT molecular complexity index is 1110. The molecule has 0 fully saturated rings. The maximum Gasteiger partial charge on any atom is 0.324 e. The van der Waals surface area contributed by atoms with Crippen LogP contribution in [0.5, 0.6) is 0 Å². The molecule has 0 aliphatic rings. The van der Waals surface area contributed by atoms with Crippen LogP contribution in [0.3, 0.4) is 0 Å². The second-order valence-electron chi connectivity index (χ2n) is 6.89. The lowest BCUT2D eigenvalue weighted by Gasteiger charge is -2.20. The van der Waals surface area contributed by atoms with E-state index < -0.39 is 55.3 Å². The third kappa shape index (κ3) is 5.45. The second-order valence-corrected chi connectivity index (χ2v) is 10.7. The fraction of sp³-hybridized carbons (Fsp3) is 0.389. The van der Waals surface area contributed by atoms with E-state index in [0.29, 0.717) is 0 Å². The fourth-order valence-electron chi connectivity index (χ4n) is 2.34. The molecule has 1 aromatic carbocycles. The molecule has 0 amide bonds. The molecule has 0 radical (unpaired) electrons. The lowest BCUT2D eigenvalue weighted by atomic mass is 10.1. The average molecular weight is 463 g/mol. The van der Waals surface area contributed by atoms with E-state index in [1.165, 1.54) is 38.4 Å². The number of furan rings is 1. The molecule has 0 spiro atoms. The van der Waals surface area contributed by atoms with Crippen molar-refractivity contribution < 1.29 is 35.2 Å². The summed E-state index contributed by atoms with van der Waals surface area (Å²) in [5.41, 5.74) is 0. The monoisotopic (exact) mass is 462 g/mol. The van der Waals surface area contributed by atoms with Crippen LogP contribution in [0.25, 0.3) is 0 Å². The quantitative estimate of drug-likeness (QED) is 0.563. The van der Waals surface area contributed by atoms with E-state index in [2.05, 4.69) is 4.72 Å². The van der Waals surface area contributed by atoms with Gasteiger partial charge in [-0.1, -0.05) is 26.0 Å². The third-order valence-electron chi connectivity index (χ3n) is 4.06. The van der Waals surface area contributed by atoms with Crippen molar-refractivity contribution in [3.8, 4) is 0 Å². The first-order valence-corrected chi connectivity index (χ1v) is 11.7. The Morgan fingerprint density at radius 1 is 1.13 bits per heavy atom. The van der Waals surface area contributed by atoms with Gasteiger partial charge in [0.05, 0.1) is 0 Å². The Balaban J connectivity index is 2.12. The molecular formula is C18H23FN2O7S2. The van der Waals surface area contributed by atoms with Crippen molar-refractivity contribution in [1.29, 1.82) is 0 Å². The Morgan fingerprint density at radius 3 is 2.33 bits per heavy atom. The molecule has 0 aliphatic heterocycles. The fourth-order valence-corrected chi connectivity index (χ4v) is 4.56. The summed E-state index contributed by atoms with van der Waals surface area (Å²) in [4.78, 5) is 11.9. The molecule has 0 aliphatic carbocycles. The number of nitrogens with zero attached hydrogens (tertiary/aromatic N) is 1. The van der Waals surface area contributed by atoms with Gasteiger partial charge in [-0.25, -0.2) is 25.5 Å². The molecule has 0 saturated carbocycles. The molecule has 1 aromatic heterocycles. The summed E-state index contributed by atoms with van der Waals surface area (Å²) in [6.45, 7) is 2.77. The molecule has 0 unspecified atom stereocenters. The molecule has 12 heteroatoms. The molecule has 2 aromatic rings. The number of esters is 1. The van der Waals surface area contributed by atoms with Gasteiger partial charge >= 0.3 is 5.97 Å². The van der Waals surface area contributed by atoms with Crippen molar-refractivity contribution in [2.75, 3.05) is 14.1 Å². The zero-order valence-corrected chi connectivity index (χ0v) is 18.5. The first-order chi connectivity index (χ1) is 13.9. The van der Waals surface area contributed by atoms with Crippen molar-refractivity contribution in [3.63, 3.8) is 0 Å². The largest absolute Gasteiger partial charge is 0.456 e. The molecule has 9 nitrogen and oxygen atoms in total. The van der Waals surface area contributed by atoms with E-state index >= 15 is 0 Å². The average Bonchev–Trinajstić information content (AvgIpc) is 3.14. The predicted molar refractivity (Wildman–Crippen MR) is 105 cm³/mol. The highest BCUT2D eigenvalue weighted by Gasteiger charge is 2.31. The normalized spacial score (nSPS) is 13.6. The van der Waals surface area contributed by atoms with Crippen LogP contribution in [0.15, 0.2) is 50.8 Å². The maximum atomic E-state index is 13.9. The third-order valence-corrected chi connectivity index (χ3v) is 7.22. The Hall–Kier alpha value is -2.28. The smallest absolute Gasteiger partial charge is 0.324 e. The van der Waals surface area contributed by atoms with Crippen molar-refractivity contribution in [2.45, 2.75) is 36.5 Å². The number of carbonyl (C=O) groups excluding carboxylic acids is 1. The van der Waals surface area contributed by atoms with E-state index in [-0.39, 0.29) is 10.9 Å². The molecule has 1 heterocycles. The van der Waals surface area contributed by atoms with Gasteiger partial charge in [-0.05, 0) is 30.2 Å². The molecular weight excluding hydrogens is 439 g/mol. The number of nitrogens with one attached hydrogen (secondary N) is 1. The van der Waals surface area contributed by atoms with Crippen LogP contribution in [-0.2, 0) is 36.2 Å². The Kier molecular flexibility index (Phi) is 7.40. The number of hydrogen-bond donors (Lipinski definition) is 1. The van der Waals surface area contributed by atoms with E-state index in [1.54, 1.807) is 13.8 Å². The van der Waals surface area contributed by atoms with Crippen LogP contribution >= 0.6 is 0 Å². The van der Waals surface area contributed by atoms with Gasteiger partial charge < -0.3 is 9.15 Å². The molecule has 0 bridgehead atoms. The number of ether oxygens (including phenoxy) is 1. The lowest BCUT2D eigenvalue weighted by molar-refractivity contribution is -0.148. The number of carbonyl (C=O) groups is 1. The molecule has 2 rings (SSSR count). The molecule has 1 atom stereocenters. The topological polar surface area (TPSA) is 123 Å². The molecule has 30 heavy (non-hydrogen) atoms. The zero-order valence-electron chi connectivity index (χ0n) is 16.8. The number of rotatable bonds is 9. The summed E-state index contributed by atoms with van der Waals surface area (Å²) < 4.78 is 76.2. The first kappa shape index (κ1) is 24.0. The SMILES string of the molecule is CC(C)[C@H](NS(=O)(=O)c1ccccc1F)C(=O)OCc1ccc(S(=O)(=O)N(C)C)o1. The van der Waals surface area contributed by atoms with Gasteiger partial charge in [0, 0.05) is 14.1 Å². The van der Waals surface area contributed by atoms with E-state index in [1.807, 2.05) is 0 Å². The number of halogens is 1. The van der Waals surface area contributed by atoms with Gasteiger partial charge in [-0.3, -0.25) is 4.79 Å². The Labute approximate surface area is 174 Å². The van der Waals surface area contributed by atoms with Crippen molar-refractivity contribution in [2.24, 2.45) is 5.92 Å². The summed E-state index contributed by atoms with van der Waals surface area (Å²) in [6.07, 6.45) is 0. The first-order valence-electron chi connectivity index (χ1n) is 8.81. The van der Waals surface area contributed by atoms with Gasteiger partial charge in [0.25, 0.3) is 10.0 Å². The summed E-state index contributed by atoms with van der Waals surface area (Å²) in [5, 5.41) is -0.320. The van der Waals surface area contributed by atoms with Gasteiger partial charge in [0.1, 0.15) is 29.1 Å². The number of benzene rings is 1. The summed E-state index contributed by atoms with van der Waals surface area (Å²) in [6, 6.07) is 6.03. The standard InChI is InChI=1S/C18H23FN2O7S2/c1-12(2)17(20-29(23,24)15-8-6-5-7-14(15)19)18(22)27-11-13-9-10-16(28-13)30(25,26)21(3)4/h5-10,12,17,20H,11H2,1-4H3/t17-/m0/s1. The highest BCUT2D eigenvalue weighted by molar-refractivity contribution is 7.89. The second kappa shape index (κ2) is 9.25. The van der Waals surface area contributed by atoms with Crippen LogP contribution < -0.4 is 4.72 Å². The highest BCUT2D eigenvalue weighted by atomic mass is 32.2. The highest BCUT2D eigenvalue weighted by Crippen LogP contribution is 2.19. The van der Waals surface area contributed by atoms with E-state index in [0.717, 1.165) is 16.4 Å². The number of hydrogen-bond acceptors (Lipinski definition) is 7. The lowest BCUT2D eigenvalue weighted by Crippen LogP contribution is -2.45. The predicted octanol–water partition coefficient (Wildman–Crippen LogP) is 1.72. The van der Waals surface area contributed by atoms with Gasteiger partial charge in [0.2, 0.25) is 15.1 Å². The minimum absolute atomic E-state index is 0.0586. The van der Waals surface area contributed by atoms with Crippen LogP contribution in [0.1, 0.15) is 19.6 Å². The van der Waals surface area contributed by atoms with Crippen LogP contribution in [0, 0.1) is 11.7 Å². The van der Waals surface area contributed by atoms with Crippen molar-refractivity contribution in [3.05, 3.63) is 48.0 Å². The number of sulfonamides is 2. The van der Waals surface area contributed by atoms with Crippen molar-refractivity contribution >= 4 is 26.0 Å². The zero-order chi connectivity index (χ0) is 22.7. The van der Waals surface area contributed by atoms with E-state index in [9.17, 15) is 26.0 Å². The minimum atomic E-state index is -4.32. The molecule has 1 N–H and O–H groups in total. The van der Waals surface area contributed by atoms with Crippen LogP contribution in [0.2, 0.25) is 0 Å². The van der Waals surface area contributed by atoms with Gasteiger partial charge in [0.15, 0.2) is 0 Å². The Morgan fingerprint density at radius 2 is 1.77 bits per heavy atom. The minimum Gasteiger partial charge on any atom is -0.456 e. The van der Waals surface area contributed by atoms with Crippen LogP contribution in [0.4, 0.5) is 4.39 Å². The summed E-state index contributed by atoms with van der Waals surface area (Å²) >= 11 is 0. The van der Waals surface area contributed by atoms with Gasteiger partial charge in [-0.15, -0.1) is 0 Å². The van der Waals surface area contributed by atoms with Crippen LogP contribution in [-0.4, -0.2) is 47.2 Å². The van der Waals surface area contributed by atoms with Crippen molar-refractivity contribution in [1.82, 2.24) is 9.03 Å². The summed E-state index contributed by atoms with van der Waals surface area (Å²) in [5.74, 6) is -2.33. The maximum absolute atomic E-state index is 13.9. The molecule has 0 saturated heterocycles. The van der Waals surface area contributed by atoms with E-state index in [4.69, 9.17) is 9.15 Å². The molecule has 166 valence electrons. The van der Waals surface area contributed by atoms with Gasteiger partial charge in [-0.2, -0.15) is 4.72 Å². The summed E-state index contributed by atoms with van der Waals surface area (Å²) in [7, 11) is -5.43.